The fourth-order valence-corrected chi connectivity index (χ4v) is 5.08. The van der Waals surface area contributed by atoms with E-state index in [0.717, 1.165) is 30.7 Å². The van der Waals surface area contributed by atoms with Crippen LogP contribution in [0, 0.1) is 11.3 Å². The number of alkyl halides is 3. The number of hydrogen-bond acceptors (Lipinski definition) is 4. The van der Waals surface area contributed by atoms with Crippen molar-refractivity contribution < 1.29 is 17.4 Å². The number of benzene rings is 1. The quantitative estimate of drug-likeness (QED) is 0.624. The first-order valence-electron chi connectivity index (χ1n) is 9.55. The molecule has 0 amide bonds. The van der Waals surface area contributed by atoms with Gasteiger partial charge in [0, 0.05) is 29.5 Å². The van der Waals surface area contributed by atoms with Crippen LogP contribution in [0.4, 0.5) is 13.2 Å². The van der Waals surface area contributed by atoms with Gasteiger partial charge in [-0.3, -0.25) is 4.21 Å². The van der Waals surface area contributed by atoms with Gasteiger partial charge in [-0.2, -0.15) is 18.4 Å². The van der Waals surface area contributed by atoms with Crippen LogP contribution in [0.3, 0.4) is 0 Å². The van der Waals surface area contributed by atoms with E-state index in [1.54, 1.807) is 23.9 Å². The highest BCUT2D eigenvalue weighted by molar-refractivity contribution is 8.02. The second-order valence-corrected chi connectivity index (χ2v) is 11.2. The van der Waals surface area contributed by atoms with Crippen molar-refractivity contribution in [3.05, 3.63) is 41.6 Å². The molecule has 4 rings (SSSR count). The van der Waals surface area contributed by atoms with Crippen molar-refractivity contribution in [2.45, 2.75) is 36.3 Å². The Labute approximate surface area is 173 Å². The molecule has 30 heavy (non-hydrogen) atoms. The van der Waals surface area contributed by atoms with Crippen LogP contribution < -0.4 is 0 Å². The Hall–Kier alpha value is -2.73. The lowest BCUT2D eigenvalue weighted by Gasteiger charge is -2.22. The topological polar surface area (TPSA) is 71.6 Å². The molecule has 9 heteroatoms. The van der Waals surface area contributed by atoms with E-state index in [-0.39, 0.29) is 5.52 Å². The van der Waals surface area contributed by atoms with Gasteiger partial charge in [0.2, 0.25) is 0 Å². The zero-order valence-corrected chi connectivity index (χ0v) is 17.7. The molecule has 1 saturated carbocycles. The highest BCUT2D eigenvalue weighted by atomic mass is 32.2. The van der Waals surface area contributed by atoms with Crippen LogP contribution in [0.25, 0.3) is 22.6 Å². The number of fused-ring (bicyclic) bond motifs is 1. The van der Waals surface area contributed by atoms with E-state index in [0.29, 0.717) is 27.7 Å². The number of hydrogen-bond donors (Lipinski definition) is 1. The lowest BCUT2D eigenvalue weighted by atomic mass is 9.96. The average molecular weight is 434 g/mol. The minimum absolute atomic E-state index is 0.121. The van der Waals surface area contributed by atoms with Crippen LogP contribution in [0.15, 0.2) is 35.4 Å². The maximum absolute atomic E-state index is 13.4. The summed E-state index contributed by atoms with van der Waals surface area (Å²) in [6.07, 6.45) is -0.511. The number of aromatic nitrogens is 3. The zero-order valence-electron chi connectivity index (χ0n) is 16.8. The Bertz CT molecular complexity index is 1250. The fourth-order valence-electron chi connectivity index (χ4n) is 3.64. The fraction of sp³-hybridized carbons (Fsp3) is 0.381. The molecule has 0 unspecified atom stereocenters. The summed E-state index contributed by atoms with van der Waals surface area (Å²) in [6.45, 7) is 1.83. The summed E-state index contributed by atoms with van der Waals surface area (Å²) in [5, 5.41) is 9.54. The Morgan fingerprint density at radius 2 is 2.00 bits per heavy atom. The molecular formula is C21H21F3N4OS. The standard InChI is InChI=1S/C21H21F3N4OS/c1-4-30(3,29)17-10-13(20(12-25)7-8-20)5-6-15(17)18-27-16-9-14(21(22,23)24)11-26-19(16)28(18)2/h5-6,9-11,30H,4,7-8H2,1-3H3. The predicted octanol–water partition coefficient (Wildman–Crippen LogP) is 4.23. The van der Waals surface area contributed by atoms with Gasteiger partial charge in [-0.15, -0.1) is 0 Å². The summed E-state index contributed by atoms with van der Waals surface area (Å²) in [5.41, 5.74) is 0.456. The largest absolute Gasteiger partial charge is 0.417 e. The van der Waals surface area contributed by atoms with Gasteiger partial charge in [-0.25, -0.2) is 9.97 Å². The molecule has 0 bridgehead atoms. The van der Waals surface area contributed by atoms with Crippen molar-refractivity contribution in [3.63, 3.8) is 0 Å². The third-order valence-electron chi connectivity index (χ3n) is 5.90. The normalized spacial score (nSPS) is 16.4. The van der Waals surface area contributed by atoms with E-state index in [4.69, 9.17) is 0 Å². The predicted molar refractivity (Wildman–Crippen MR) is 110 cm³/mol. The van der Waals surface area contributed by atoms with Crippen LogP contribution in [0.2, 0.25) is 0 Å². The van der Waals surface area contributed by atoms with Gasteiger partial charge in [0.05, 0.1) is 17.0 Å². The molecule has 0 saturated heterocycles. The summed E-state index contributed by atoms with van der Waals surface area (Å²) in [4.78, 5) is 8.96. The summed E-state index contributed by atoms with van der Waals surface area (Å²) in [5.74, 6) is 0.819. The molecule has 158 valence electrons. The van der Waals surface area contributed by atoms with Crippen molar-refractivity contribution in [2.24, 2.45) is 7.05 Å². The number of aryl methyl sites for hydroxylation is 1. The molecule has 1 fully saturated rings. The minimum Gasteiger partial charge on any atom is -0.312 e. The zero-order chi connectivity index (χ0) is 21.9. The first kappa shape index (κ1) is 20.5. The highest BCUT2D eigenvalue weighted by Gasteiger charge is 2.45. The van der Waals surface area contributed by atoms with Gasteiger partial charge in [-0.05, 0) is 42.9 Å². The Balaban J connectivity index is 1.94. The Morgan fingerprint density at radius 3 is 2.57 bits per heavy atom. The van der Waals surface area contributed by atoms with Gasteiger partial charge >= 0.3 is 6.18 Å². The van der Waals surface area contributed by atoms with E-state index in [1.165, 1.54) is 0 Å². The van der Waals surface area contributed by atoms with Crippen LogP contribution >= 0.6 is 0 Å². The average Bonchev–Trinajstić information content (AvgIpc) is 3.45. The van der Waals surface area contributed by atoms with Gasteiger partial charge in [0.15, 0.2) is 5.65 Å². The molecule has 0 N–H and O–H groups in total. The first-order valence-corrected chi connectivity index (χ1v) is 11.9. The van der Waals surface area contributed by atoms with Crippen molar-refractivity contribution in [3.8, 4) is 17.5 Å². The van der Waals surface area contributed by atoms with Gasteiger partial charge in [-0.1, -0.05) is 22.9 Å². The number of thiol groups is 1. The smallest absolute Gasteiger partial charge is 0.312 e. The van der Waals surface area contributed by atoms with E-state index in [2.05, 4.69) is 16.0 Å². The molecule has 3 aromatic rings. The summed E-state index contributed by atoms with van der Waals surface area (Å²) >= 11 is 0. The summed E-state index contributed by atoms with van der Waals surface area (Å²) in [7, 11) is -1.10. The van der Waals surface area contributed by atoms with Gasteiger partial charge < -0.3 is 4.57 Å². The van der Waals surface area contributed by atoms with E-state index in [9.17, 15) is 22.6 Å². The lowest BCUT2D eigenvalue weighted by molar-refractivity contribution is -0.137. The molecule has 5 nitrogen and oxygen atoms in total. The number of nitrogens with zero attached hydrogens (tertiary/aromatic N) is 4. The van der Waals surface area contributed by atoms with E-state index in [1.807, 2.05) is 19.1 Å². The number of halogens is 3. The SMILES string of the molecule is CC[SH](C)(=O)c1cc(C2(C#N)CC2)ccc1-c1nc2cc(C(F)(F)F)cnc2n1C. The molecular weight excluding hydrogens is 413 g/mol. The molecule has 2 aromatic heterocycles. The molecule has 1 aliphatic rings. The molecule has 0 atom stereocenters. The molecule has 1 aromatic carbocycles. The number of imidazole rings is 1. The Morgan fingerprint density at radius 1 is 1.30 bits per heavy atom. The van der Waals surface area contributed by atoms with E-state index >= 15 is 0 Å². The molecule has 0 spiro atoms. The Kier molecular flexibility index (Phi) is 4.54. The third kappa shape index (κ3) is 3.19. The molecule has 0 radical (unpaired) electrons. The third-order valence-corrected chi connectivity index (χ3v) is 8.50. The van der Waals surface area contributed by atoms with Crippen molar-refractivity contribution in [1.29, 1.82) is 5.26 Å². The van der Waals surface area contributed by atoms with Crippen LogP contribution in [-0.4, -0.2) is 30.8 Å². The minimum atomic E-state index is -4.51. The molecule has 0 aliphatic heterocycles. The van der Waals surface area contributed by atoms with Crippen LogP contribution in [0.5, 0.6) is 0 Å². The maximum Gasteiger partial charge on any atom is 0.417 e. The van der Waals surface area contributed by atoms with Crippen LogP contribution in [0.1, 0.15) is 30.9 Å². The lowest BCUT2D eigenvalue weighted by Crippen LogP contribution is -2.16. The first-order chi connectivity index (χ1) is 14.0. The highest BCUT2D eigenvalue weighted by Crippen LogP contribution is 2.49. The molecule has 2 heterocycles. The summed E-state index contributed by atoms with van der Waals surface area (Å²) in [6, 6.07) is 8.76. The summed E-state index contributed by atoms with van der Waals surface area (Å²) < 4.78 is 54.2. The van der Waals surface area contributed by atoms with Gasteiger partial charge in [0.1, 0.15) is 11.3 Å². The second kappa shape index (κ2) is 6.64. The van der Waals surface area contributed by atoms with Crippen molar-refractivity contribution >= 4 is 21.1 Å². The number of pyridine rings is 1. The maximum atomic E-state index is 13.4. The second-order valence-electron chi connectivity index (χ2n) is 7.90. The van der Waals surface area contributed by atoms with Crippen LogP contribution in [-0.2, 0) is 28.6 Å². The number of nitriles is 1. The van der Waals surface area contributed by atoms with Gasteiger partial charge in [0.25, 0.3) is 0 Å². The van der Waals surface area contributed by atoms with Crippen molar-refractivity contribution in [1.82, 2.24) is 14.5 Å². The monoisotopic (exact) mass is 434 g/mol. The van der Waals surface area contributed by atoms with E-state index < -0.39 is 27.1 Å². The van der Waals surface area contributed by atoms with Crippen molar-refractivity contribution in [2.75, 3.05) is 12.0 Å². The molecule has 1 aliphatic carbocycles. The number of rotatable bonds is 4.